The lowest BCUT2D eigenvalue weighted by molar-refractivity contribution is -0.119. The van der Waals surface area contributed by atoms with Gasteiger partial charge in [-0.15, -0.1) is 0 Å². The van der Waals surface area contributed by atoms with Crippen LogP contribution in [0.1, 0.15) is 21.5 Å². The topological polar surface area (TPSA) is 108 Å². The standard InChI is InChI=1S/C24H19N3O4/c25-15-18-10-4-6-12-20(18)26-23(29)16-31-24(30)19-11-5-7-13-21(19)27-22(28)14-17-8-2-1-3-9-17/h1-13H,14,16H2,(H,26,29)(H,27,28). The predicted octanol–water partition coefficient (Wildman–Crippen LogP) is 3.53. The monoisotopic (exact) mass is 413 g/mol. The van der Waals surface area contributed by atoms with Gasteiger partial charge in [0.15, 0.2) is 6.61 Å². The van der Waals surface area contributed by atoms with E-state index in [0.29, 0.717) is 16.9 Å². The molecular formula is C24H19N3O4. The number of carbonyl (C=O) groups is 3. The number of benzene rings is 3. The molecule has 7 nitrogen and oxygen atoms in total. The van der Waals surface area contributed by atoms with Crippen LogP contribution in [0.5, 0.6) is 0 Å². The summed E-state index contributed by atoms with van der Waals surface area (Å²) in [5.41, 5.74) is 1.90. The van der Waals surface area contributed by atoms with Crippen LogP contribution in [0.3, 0.4) is 0 Å². The van der Waals surface area contributed by atoms with E-state index in [1.807, 2.05) is 36.4 Å². The van der Waals surface area contributed by atoms with E-state index in [4.69, 9.17) is 10.00 Å². The normalized spacial score (nSPS) is 9.90. The Morgan fingerprint density at radius 3 is 2.13 bits per heavy atom. The lowest BCUT2D eigenvalue weighted by Crippen LogP contribution is -2.22. The van der Waals surface area contributed by atoms with Crippen LogP contribution in [-0.2, 0) is 20.7 Å². The maximum atomic E-state index is 12.5. The SMILES string of the molecule is N#Cc1ccccc1NC(=O)COC(=O)c1ccccc1NC(=O)Cc1ccccc1. The number of anilines is 2. The highest BCUT2D eigenvalue weighted by Gasteiger charge is 2.16. The van der Waals surface area contributed by atoms with Gasteiger partial charge in [0.1, 0.15) is 6.07 Å². The first-order valence-electron chi connectivity index (χ1n) is 9.45. The second-order valence-corrected chi connectivity index (χ2v) is 6.54. The Morgan fingerprint density at radius 1 is 0.774 bits per heavy atom. The average Bonchev–Trinajstić information content (AvgIpc) is 2.79. The van der Waals surface area contributed by atoms with Gasteiger partial charge in [0.05, 0.1) is 28.9 Å². The highest BCUT2D eigenvalue weighted by molar-refractivity contribution is 6.03. The van der Waals surface area contributed by atoms with Gasteiger partial charge < -0.3 is 15.4 Å². The molecule has 0 fully saturated rings. The van der Waals surface area contributed by atoms with E-state index in [-0.39, 0.29) is 17.9 Å². The molecule has 0 heterocycles. The molecule has 0 aliphatic rings. The number of hydrogen-bond acceptors (Lipinski definition) is 5. The summed E-state index contributed by atoms with van der Waals surface area (Å²) in [5.74, 6) is -1.61. The van der Waals surface area contributed by atoms with Crippen molar-refractivity contribution in [1.29, 1.82) is 5.26 Å². The van der Waals surface area contributed by atoms with Gasteiger partial charge in [-0.1, -0.05) is 54.6 Å². The number of nitriles is 1. The van der Waals surface area contributed by atoms with Crippen molar-refractivity contribution in [3.05, 3.63) is 95.6 Å². The summed E-state index contributed by atoms with van der Waals surface area (Å²) in [5, 5.41) is 14.3. The van der Waals surface area contributed by atoms with Crippen LogP contribution in [0.25, 0.3) is 0 Å². The average molecular weight is 413 g/mol. The Kier molecular flexibility index (Phi) is 7.12. The maximum absolute atomic E-state index is 12.5. The molecule has 0 unspecified atom stereocenters. The number of nitrogens with one attached hydrogen (secondary N) is 2. The van der Waals surface area contributed by atoms with E-state index in [1.54, 1.807) is 42.5 Å². The van der Waals surface area contributed by atoms with E-state index in [1.165, 1.54) is 6.07 Å². The van der Waals surface area contributed by atoms with Gasteiger partial charge in [0.25, 0.3) is 5.91 Å². The van der Waals surface area contributed by atoms with Crippen molar-refractivity contribution in [3.63, 3.8) is 0 Å². The maximum Gasteiger partial charge on any atom is 0.340 e. The van der Waals surface area contributed by atoms with Crippen LogP contribution in [0.2, 0.25) is 0 Å². The fourth-order valence-corrected chi connectivity index (χ4v) is 2.83. The van der Waals surface area contributed by atoms with Gasteiger partial charge in [0, 0.05) is 0 Å². The first-order valence-corrected chi connectivity index (χ1v) is 9.45. The minimum absolute atomic E-state index is 0.133. The summed E-state index contributed by atoms with van der Waals surface area (Å²) in [6, 6.07) is 24.1. The quantitative estimate of drug-likeness (QED) is 0.576. The van der Waals surface area contributed by atoms with Crippen LogP contribution >= 0.6 is 0 Å². The van der Waals surface area contributed by atoms with Crippen LogP contribution in [0.4, 0.5) is 11.4 Å². The third-order valence-electron chi connectivity index (χ3n) is 4.28. The van der Waals surface area contributed by atoms with E-state index in [2.05, 4.69) is 10.6 Å². The molecule has 31 heavy (non-hydrogen) atoms. The largest absolute Gasteiger partial charge is 0.452 e. The molecule has 0 saturated carbocycles. The third-order valence-corrected chi connectivity index (χ3v) is 4.28. The number of hydrogen-bond donors (Lipinski definition) is 2. The Hall–Kier alpha value is -4.44. The van der Waals surface area contributed by atoms with Gasteiger partial charge in [-0.2, -0.15) is 5.26 Å². The second-order valence-electron chi connectivity index (χ2n) is 6.54. The van der Waals surface area contributed by atoms with E-state index < -0.39 is 18.5 Å². The summed E-state index contributed by atoms with van der Waals surface area (Å²) in [7, 11) is 0. The molecule has 0 atom stereocenters. The molecule has 0 aromatic heterocycles. The first-order chi connectivity index (χ1) is 15.1. The lowest BCUT2D eigenvalue weighted by Gasteiger charge is -2.11. The molecule has 0 spiro atoms. The van der Waals surface area contributed by atoms with Crippen molar-refractivity contribution in [2.75, 3.05) is 17.2 Å². The third kappa shape index (κ3) is 6.02. The molecular weight excluding hydrogens is 394 g/mol. The number of amides is 2. The molecule has 0 saturated heterocycles. The number of rotatable bonds is 7. The highest BCUT2D eigenvalue weighted by atomic mass is 16.5. The number of para-hydroxylation sites is 2. The van der Waals surface area contributed by atoms with Gasteiger partial charge in [-0.3, -0.25) is 9.59 Å². The fraction of sp³-hybridized carbons (Fsp3) is 0.0833. The van der Waals surface area contributed by atoms with Crippen molar-refractivity contribution in [2.24, 2.45) is 0 Å². The molecule has 0 aliphatic heterocycles. The lowest BCUT2D eigenvalue weighted by atomic mass is 10.1. The fourth-order valence-electron chi connectivity index (χ4n) is 2.83. The van der Waals surface area contributed by atoms with Crippen LogP contribution in [-0.4, -0.2) is 24.4 Å². The Morgan fingerprint density at radius 2 is 1.39 bits per heavy atom. The van der Waals surface area contributed by atoms with Crippen LogP contribution in [0.15, 0.2) is 78.9 Å². The zero-order valence-electron chi connectivity index (χ0n) is 16.5. The molecule has 2 N–H and O–H groups in total. The summed E-state index contributed by atoms with van der Waals surface area (Å²) >= 11 is 0. The molecule has 0 radical (unpaired) electrons. The number of ether oxygens (including phenoxy) is 1. The molecule has 154 valence electrons. The van der Waals surface area contributed by atoms with Gasteiger partial charge in [-0.25, -0.2) is 4.79 Å². The van der Waals surface area contributed by atoms with Crippen molar-refractivity contribution in [2.45, 2.75) is 6.42 Å². The molecule has 2 amide bonds. The minimum Gasteiger partial charge on any atom is -0.452 e. The van der Waals surface area contributed by atoms with Crippen molar-refractivity contribution in [1.82, 2.24) is 0 Å². The number of nitrogens with zero attached hydrogens (tertiary/aromatic N) is 1. The van der Waals surface area contributed by atoms with Crippen LogP contribution < -0.4 is 10.6 Å². The molecule has 7 heteroatoms. The Bertz CT molecular complexity index is 1140. The van der Waals surface area contributed by atoms with E-state index in [0.717, 1.165) is 5.56 Å². The predicted molar refractivity (Wildman–Crippen MR) is 115 cm³/mol. The summed E-state index contributed by atoms with van der Waals surface area (Å²) in [6.45, 7) is -0.537. The minimum atomic E-state index is -0.751. The van der Waals surface area contributed by atoms with Gasteiger partial charge in [-0.05, 0) is 29.8 Å². The molecule has 0 bridgehead atoms. The first kappa shape index (κ1) is 21.3. The van der Waals surface area contributed by atoms with Crippen LogP contribution in [0, 0.1) is 11.3 Å². The van der Waals surface area contributed by atoms with Gasteiger partial charge >= 0.3 is 5.97 Å². The van der Waals surface area contributed by atoms with E-state index >= 15 is 0 Å². The Balaban J connectivity index is 1.60. The highest BCUT2D eigenvalue weighted by Crippen LogP contribution is 2.17. The number of carbonyl (C=O) groups excluding carboxylic acids is 3. The van der Waals surface area contributed by atoms with Crippen molar-refractivity contribution in [3.8, 4) is 6.07 Å². The van der Waals surface area contributed by atoms with Crippen molar-refractivity contribution >= 4 is 29.2 Å². The summed E-state index contributed by atoms with van der Waals surface area (Å²) in [4.78, 5) is 36.9. The second kappa shape index (κ2) is 10.4. The van der Waals surface area contributed by atoms with E-state index in [9.17, 15) is 14.4 Å². The van der Waals surface area contributed by atoms with Crippen molar-refractivity contribution < 1.29 is 19.1 Å². The smallest absolute Gasteiger partial charge is 0.340 e. The molecule has 0 aliphatic carbocycles. The molecule has 3 aromatic carbocycles. The van der Waals surface area contributed by atoms with Gasteiger partial charge in [0.2, 0.25) is 5.91 Å². The summed E-state index contributed by atoms with van der Waals surface area (Å²) in [6.07, 6.45) is 0.158. The molecule has 3 aromatic rings. The Labute approximate surface area is 179 Å². The molecule has 3 rings (SSSR count). The zero-order valence-corrected chi connectivity index (χ0v) is 16.5. The zero-order chi connectivity index (χ0) is 22.1. The number of esters is 1. The summed E-state index contributed by atoms with van der Waals surface area (Å²) < 4.78 is 5.09.